The van der Waals surface area contributed by atoms with Gasteiger partial charge in [-0.3, -0.25) is 9.78 Å². The Morgan fingerprint density at radius 3 is 2.87 bits per heavy atom. The van der Waals surface area contributed by atoms with Gasteiger partial charge in [0.15, 0.2) is 0 Å². The first-order valence-corrected chi connectivity index (χ1v) is 10.7. The van der Waals surface area contributed by atoms with E-state index in [2.05, 4.69) is 28.6 Å². The second kappa shape index (κ2) is 11.2. The van der Waals surface area contributed by atoms with Crippen LogP contribution in [0.15, 0.2) is 78.7 Å². The smallest absolute Gasteiger partial charge is 0.303 e. The third kappa shape index (κ3) is 6.57. The summed E-state index contributed by atoms with van der Waals surface area (Å²) in [7, 11) is 0. The van der Waals surface area contributed by atoms with Crippen LogP contribution in [0.5, 0.6) is 5.75 Å². The van der Waals surface area contributed by atoms with Crippen molar-refractivity contribution < 1.29 is 14.6 Å². The number of aromatic nitrogens is 1. The molecule has 0 saturated heterocycles. The van der Waals surface area contributed by atoms with Crippen molar-refractivity contribution in [2.24, 2.45) is 0 Å². The van der Waals surface area contributed by atoms with E-state index >= 15 is 0 Å². The van der Waals surface area contributed by atoms with Gasteiger partial charge in [0.1, 0.15) is 12.4 Å². The second-order valence-corrected chi connectivity index (χ2v) is 7.69. The maximum absolute atomic E-state index is 10.8. The fourth-order valence-electron chi connectivity index (χ4n) is 3.71. The molecule has 1 N–H and O–H groups in total. The number of carbonyl (C=O) groups is 1. The fourth-order valence-corrected chi connectivity index (χ4v) is 3.71. The number of nitrogens with zero attached hydrogens (tertiary/aromatic N) is 2. The Labute approximate surface area is 184 Å². The highest BCUT2D eigenvalue weighted by atomic mass is 16.5. The summed E-state index contributed by atoms with van der Waals surface area (Å²) in [6.07, 6.45) is 12.2. The molecule has 0 spiro atoms. The zero-order chi connectivity index (χ0) is 22.1. The standard InChI is InChI=1S/C26H30N2O3/c1-3-21(13-14-25(29)30)12-11-20(2)19-31-24-10-4-8-23-9-6-16-28(26(23)24)18-22-7-5-15-27-17-22/h3-5,7-8,10-12,15,17H,2,6,9,13-14,16,18-19H2,1H3,(H,29,30)/b12-11-,21-3+. The molecule has 31 heavy (non-hydrogen) atoms. The van der Waals surface area contributed by atoms with Gasteiger partial charge in [0.25, 0.3) is 0 Å². The van der Waals surface area contributed by atoms with Crippen molar-refractivity contribution in [2.75, 3.05) is 18.1 Å². The molecule has 0 radical (unpaired) electrons. The number of anilines is 1. The number of allylic oxidation sites excluding steroid dienone is 3. The molecule has 5 heteroatoms. The molecule has 0 bridgehead atoms. The number of carboxylic acids is 1. The van der Waals surface area contributed by atoms with E-state index in [4.69, 9.17) is 9.84 Å². The molecule has 0 unspecified atom stereocenters. The molecule has 2 aromatic rings. The van der Waals surface area contributed by atoms with Crippen LogP contribution in [-0.4, -0.2) is 29.2 Å². The van der Waals surface area contributed by atoms with Crippen molar-refractivity contribution >= 4 is 11.7 Å². The van der Waals surface area contributed by atoms with Gasteiger partial charge in [-0.05, 0) is 55.0 Å². The zero-order valence-corrected chi connectivity index (χ0v) is 18.1. The van der Waals surface area contributed by atoms with E-state index in [1.54, 1.807) is 6.20 Å². The highest BCUT2D eigenvalue weighted by Gasteiger charge is 2.21. The lowest BCUT2D eigenvalue weighted by Gasteiger charge is -2.33. The molecule has 0 saturated carbocycles. The van der Waals surface area contributed by atoms with Crippen LogP contribution < -0.4 is 9.64 Å². The van der Waals surface area contributed by atoms with Crippen LogP contribution in [0.1, 0.15) is 37.3 Å². The number of benzene rings is 1. The largest absolute Gasteiger partial charge is 0.487 e. The minimum atomic E-state index is -0.792. The summed E-state index contributed by atoms with van der Waals surface area (Å²) in [5.41, 5.74) is 5.45. The SMILES string of the molecule is C=C(/C=C\C(=C/C)CCC(=O)O)COc1cccc2c1N(Cc1cccnc1)CCC2. The highest BCUT2D eigenvalue weighted by Crippen LogP contribution is 2.37. The van der Waals surface area contributed by atoms with Gasteiger partial charge in [0.2, 0.25) is 0 Å². The summed E-state index contributed by atoms with van der Waals surface area (Å²) in [5, 5.41) is 8.86. The fraction of sp³-hybridized carbons (Fsp3) is 0.308. The average molecular weight is 419 g/mol. The third-order valence-corrected chi connectivity index (χ3v) is 5.31. The average Bonchev–Trinajstić information content (AvgIpc) is 2.78. The summed E-state index contributed by atoms with van der Waals surface area (Å²) in [6, 6.07) is 10.3. The number of aryl methyl sites for hydroxylation is 1. The number of rotatable bonds is 10. The van der Waals surface area contributed by atoms with E-state index in [9.17, 15) is 4.79 Å². The van der Waals surface area contributed by atoms with Crippen molar-refractivity contribution in [3.05, 3.63) is 89.8 Å². The van der Waals surface area contributed by atoms with Crippen LogP contribution in [-0.2, 0) is 17.8 Å². The Balaban J connectivity index is 1.66. The monoisotopic (exact) mass is 418 g/mol. The van der Waals surface area contributed by atoms with Gasteiger partial charge in [0, 0.05) is 31.9 Å². The third-order valence-electron chi connectivity index (χ3n) is 5.31. The van der Waals surface area contributed by atoms with Crippen molar-refractivity contribution in [1.82, 2.24) is 4.98 Å². The van der Waals surface area contributed by atoms with Crippen molar-refractivity contribution in [2.45, 2.75) is 39.2 Å². The van der Waals surface area contributed by atoms with Crippen molar-refractivity contribution in [3.8, 4) is 5.75 Å². The molecule has 0 amide bonds. The van der Waals surface area contributed by atoms with E-state index < -0.39 is 5.97 Å². The lowest BCUT2D eigenvalue weighted by Crippen LogP contribution is -2.29. The summed E-state index contributed by atoms with van der Waals surface area (Å²) in [6.45, 7) is 8.17. The molecular formula is C26H30N2O3. The number of pyridine rings is 1. The molecular weight excluding hydrogens is 388 g/mol. The molecule has 0 atom stereocenters. The molecule has 1 aliphatic heterocycles. The lowest BCUT2D eigenvalue weighted by atomic mass is 10.0. The van der Waals surface area contributed by atoms with Crippen LogP contribution in [0.25, 0.3) is 0 Å². The van der Waals surface area contributed by atoms with Crippen LogP contribution >= 0.6 is 0 Å². The maximum Gasteiger partial charge on any atom is 0.303 e. The zero-order valence-electron chi connectivity index (χ0n) is 18.1. The molecule has 2 heterocycles. The highest BCUT2D eigenvalue weighted by molar-refractivity contribution is 5.67. The molecule has 1 aromatic carbocycles. The van der Waals surface area contributed by atoms with E-state index in [-0.39, 0.29) is 6.42 Å². The van der Waals surface area contributed by atoms with Gasteiger partial charge in [0.05, 0.1) is 5.69 Å². The maximum atomic E-state index is 10.8. The molecule has 5 nitrogen and oxygen atoms in total. The molecule has 1 aromatic heterocycles. The molecule has 1 aliphatic rings. The van der Waals surface area contributed by atoms with Crippen LogP contribution in [0.3, 0.4) is 0 Å². The Morgan fingerprint density at radius 2 is 2.13 bits per heavy atom. The quantitative estimate of drug-likeness (QED) is 0.528. The number of hydrogen-bond acceptors (Lipinski definition) is 4. The Morgan fingerprint density at radius 1 is 1.26 bits per heavy atom. The van der Waals surface area contributed by atoms with E-state index in [0.29, 0.717) is 13.0 Å². The Kier molecular flexibility index (Phi) is 8.05. The number of aliphatic carboxylic acids is 1. The van der Waals surface area contributed by atoms with Gasteiger partial charge in [-0.2, -0.15) is 0 Å². The van der Waals surface area contributed by atoms with Gasteiger partial charge in [-0.25, -0.2) is 0 Å². The number of para-hydroxylation sites is 1. The minimum Gasteiger partial charge on any atom is -0.487 e. The summed E-state index contributed by atoms with van der Waals surface area (Å²) in [4.78, 5) is 17.4. The molecule has 0 aliphatic carbocycles. The van der Waals surface area contributed by atoms with E-state index in [0.717, 1.165) is 48.5 Å². The van der Waals surface area contributed by atoms with Crippen molar-refractivity contribution in [3.63, 3.8) is 0 Å². The van der Waals surface area contributed by atoms with Crippen LogP contribution in [0.2, 0.25) is 0 Å². The summed E-state index contributed by atoms with van der Waals surface area (Å²) >= 11 is 0. The van der Waals surface area contributed by atoms with Gasteiger partial charge < -0.3 is 14.7 Å². The number of hydrogen-bond donors (Lipinski definition) is 1. The number of ether oxygens (including phenoxy) is 1. The topological polar surface area (TPSA) is 62.7 Å². The molecule has 0 fully saturated rings. The Bertz CT molecular complexity index is 964. The van der Waals surface area contributed by atoms with Gasteiger partial charge in [-0.15, -0.1) is 0 Å². The number of fused-ring (bicyclic) bond motifs is 1. The molecule has 162 valence electrons. The summed E-state index contributed by atoms with van der Waals surface area (Å²) < 4.78 is 6.18. The van der Waals surface area contributed by atoms with Gasteiger partial charge >= 0.3 is 5.97 Å². The predicted octanol–water partition coefficient (Wildman–Crippen LogP) is 5.34. The summed E-state index contributed by atoms with van der Waals surface area (Å²) in [5.74, 6) is 0.0763. The van der Waals surface area contributed by atoms with Crippen LogP contribution in [0, 0.1) is 0 Å². The Hall–Kier alpha value is -3.34. The minimum absolute atomic E-state index is 0.121. The normalized spacial score (nSPS) is 13.8. The van der Waals surface area contributed by atoms with Crippen LogP contribution in [0.4, 0.5) is 5.69 Å². The van der Waals surface area contributed by atoms with Gasteiger partial charge in [-0.1, -0.05) is 48.6 Å². The first-order valence-electron chi connectivity index (χ1n) is 10.7. The first kappa shape index (κ1) is 22.3. The van der Waals surface area contributed by atoms with E-state index in [1.165, 1.54) is 11.1 Å². The predicted molar refractivity (Wildman–Crippen MR) is 124 cm³/mol. The lowest BCUT2D eigenvalue weighted by molar-refractivity contribution is -0.136. The number of carboxylic acid groups (broad SMARTS) is 1. The van der Waals surface area contributed by atoms with Crippen molar-refractivity contribution in [1.29, 1.82) is 0 Å². The molecule has 3 rings (SSSR count). The first-order chi connectivity index (χ1) is 15.1. The van der Waals surface area contributed by atoms with E-state index in [1.807, 2.05) is 49.5 Å². The second-order valence-electron chi connectivity index (χ2n) is 7.69.